The highest BCUT2D eigenvalue weighted by atomic mass is 32.2. The van der Waals surface area contributed by atoms with Crippen molar-refractivity contribution in [3.05, 3.63) is 41.1 Å². The van der Waals surface area contributed by atoms with Crippen LogP contribution in [0.4, 0.5) is 18.3 Å². The van der Waals surface area contributed by atoms with E-state index >= 15 is 0 Å². The summed E-state index contributed by atoms with van der Waals surface area (Å²) in [4.78, 5) is 15.8. The maximum absolute atomic E-state index is 12.6. The molecule has 0 saturated carbocycles. The molecule has 1 aromatic heterocycles. The van der Waals surface area contributed by atoms with E-state index in [1.54, 1.807) is 0 Å². The van der Waals surface area contributed by atoms with Crippen LogP contribution in [0.1, 0.15) is 16.8 Å². The van der Waals surface area contributed by atoms with Gasteiger partial charge in [0.2, 0.25) is 15.9 Å². The van der Waals surface area contributed by atoms with E-state index in [-0.39, 0.29) is 27.0 Å². The SMILES string of the molecule is Cc1nc(NC(=O)Cc2cccc(C(F)(F)F)c2)sc1S(N)(=O)=O. The number of carbonyl (C=O) groups is 1. The number of nitrogens with zero attached hydrogens (tertiary/aromatic N) is 1. The zero-order valence-electron chi connectivity index (χ0n) is 12.2. The Morgan fingerprint density at radius 2 is 2.04 bits per heavy atom. The van der Waals surface area contributed by atoms with Crippen LogP contribution in [-0.2, 0) is 27.4 Å². The van der Waals surface area contributed by atoms with Gasteiger partial charge in [-0.3, -0.25) is 4.79 Å². The minimum atomic E-state index is -4.50. The number of benzene rings is 1. The van der Waals surface area contributed by atoms with Crippen LogP contribution in [0.15, 0.2) is 28.5 Å². The first-order valence-electron chi connectivity index (χ1n) is 6.43. The second kappa shape index (κ2) is 6.49. The predicted molar refractivity (Wildman–Crippen MR) is 82.0 cm³/mol. The zero-order chi connectivity index (χ0) is 18.1. The molecule has 0 unspecified atom stereocenters. The van der Waals surface area contributed by atoms with Gasteiger partial charge in [-0.1, -0.05) is 29.5 Å². The van der Waals surface area contributed by atoms with Crippen molar-refractivity contribution in [2.75, 3.05) is 5.32 Å². The molecule has 0 spiro atoms. The molecule has 0 bridgehead atoms. The number of halogens is 3. The Labute approximate surface area is 139 Å². The Balaban J connectivity index is 2.12. The number of primary sulfonamides is 1. The summed E-state index contributed by atoms with van der Waals surface area (Å²) in [5, 5.41) is 7.36. The van der Waals surface area contributed by atoms with E-state index < -0.39 is 27.7 Å². The van der Waals surface area contributed by atoms with Crippen LogP contribution in [0.5, 0.6) is 0 Å². The summed E-state index contributed by atoms with van der Waals surface area (Å²) in [6.45, 7) is 1.42. The number of sulfonamides is 1. The van der Waals surface area contributed by atoms with Gasteiger partial charge in [-0.05, 0) is 18.6 Å². The maximum atomic E-state index is 12.6. The molecule has 0 aliphatic rings. The summed E-state index contributed by atoms with van der Waals surface area (Å²) >= 11 is 0.677. The second-order valence-electron chi connectivity index (χ2n) is 4.86. The molecule has 0 saturated heterocycles. The van der Waals surface area contributed by atoms with Crippen molar-refractivity contribution in [3.8, 4) is 0 Å². The molecule has 0 atom stereocenters. The molecular weight excluding hydrogens is 367 g/mol. The number of nitrogens with two attached hydrogens (primary N) is 1. The summed E-state index contributed by atoms with van der Waals surface area (Å²) in [5.41, 5.74) is -0.548. The van der Waals surface area contributed by atoms with Gasteiger partial charge in [0, 0.05) is 0 Å². The molecule has 1 amide bonds. The van der Waals surface area contributed by atoms with Crippen LogP contribution in [0.25, 0.3) is 0 Å². The fourth-order valence-corrected chi connectivity index (χ4v) is 3.78. The predicted octanol–water partition coefficient (Wildman–Crippen LogP) is 2.30. The Kier molecular flexibility index (Phi) is 4.97. The largest absolute Gasteiger partial charge is 0.416 e. The quantitative estimate of drug-likeness (QED) is 0.851. The third kappa shape index (κ3) is 4.52. The minimum absolute atomic E-state index is 0.00787. The number of hydrogen-bond donors (Lipinski definition) is 2. The van der Waals surface area contributed by atoms with Crippen LogP contribution in [0, 0.1) is 6.92 Å². The molecule has 1 aromatic carbocycles. The first-order valence-corrected chi connectivity index (χ1v) is 8.79. The third-order valence-corrected chi connectivity index (χ3v) is 5.50. The van der Waals surface area contributed by atoms with Crippen molar-refractivity contribution in [1.29, 1.82) is 0 Å². The van der Waals surface area contributed by atoms with Gasteiger partial charge < -0.3 is 5.32 Å². The number of nitrogens with one attached hydrogen (secondary N) is 1. The maximum Gasteiger partial charge on any atom is 0.416 e. The average Bonchev–Trinajstić information content (AvgIpc) is 2.78. The lowest BCUT2D eigenvalue weighted by atomic mass is 10.1. The average molecular weight is 379 g/mol. The minimum Gasteiger partial charge on any atom is -0.302 e. The van der Waals surface area contributed by atoms with Crippen molar-refractivity contribution < 1.29 is 26.4 Å². The fourth-order valence-electron chi connectivity index (χ4n) is 1.91. The number of carbonyl (C=O) groups excluding carboxylic acids is 1. The topological polar surface area (TPSA) is 102 Å². The molecule has 2 aromatic rings. The summed E-state index contributed by atoms with van der Waals surface area (Å²) in [6.07, 6.45) is -4.81. The van der Waals surface area contributed by atoms with Crippen LogP contribution in [-0.4, -0.2) is 19.3 Å². The van der Waals surface area contributed by atoms with Crippen molar-refractivity contribution in [1.82, 2.24) is 4.98 Å². The van der Waals surface area contributed by atoms with Gasteiger partial charge in [0.15, 0.2) is 9.34 Å². The van der Waals surface area contributed by atoms with E-state index in [0.717, 1.165) is 12.1 Å². The van der Waals surface area contributed by atoms with Gasteiger partial charge in [0.05, 0.1) is 17.7 Å². The second-order valence-corrected chi connectivity index (χ2v) is 7.62. The molecule has 3 N–H and O–H groups in total. The van der Waals surface area contributed by atoms with Crippen molar-refractivity contribution in [2.24, 2.45) is 5.14 Å². The summed E-state index contributed by atoms with van der Waals surface area (Å²) < 4.78 is 60.3. The molecule has 2 rings (SSSR count). The van der Waals surface area contributed by atoms with Crippen molar-refractivity contribution in [2.45, 2.75) is 23.7 Å². The molecular formula is C13H12F3N3O3S2. The molecule has 0 radical (unpaired) electrons. The molecule has 11 heteroatoms. The molecule has 0 aliphatic heterocycles. The Morgan fingerprint density at radius 3 is 2.58 bits per heavy atom. The highest BCUT2D eigenvalue weighted by Gasteiger charge is 2.30. The van der Waals surface area contributed by atoms with Crippen LogP contribution in [0.2, 0.25) is 0 Å². The van der Waals surface area contributed by atoms with Crippen molar-refractivity contribution >= 4 is 32.4 Å². The first-order chi connectivity index (χ1) is 11.0. The third-order valence-electron chi connectivity index (χ3n) is 2.88. The highest BCUT2D eigenvalue weighted by molar-refractivity contribution is 7.91. The monoisotopic (exact) mass is 379 g/mol. The summed E-state index contributed by atoms with van der Waals surface area (Å²) in [6, 6.07) is 4.38. The van der Waals surface area contributed by atoms with Crippen LogP contribution < -0.4 is 10.5 Å². The van der Waals surface area contributed by atoms with E-state index in [9.17, 15) is 26.4 Å². The number of aryl methyl sites for hydroxylation is 1. The van der Waals surface area contributed by atoms with Gasteiger partial charge in [0.1, 0.15) is 0 Å². The van der Waals surface area contributed by atoms with E-state index in [4.69, 9.17) is 5.14 Å². The number of aromatic nitrogens is 1. The van der Waals surface area contributed by atoms with Crippen molar-refractivity contribution in [3.63, 3.8) is 0 Å². The number of thiazole rings is 1. The Morgan fingerprint density at radius 1 is 1.38 bits per heavy atom. The van der Waals surface area contributed by atoms with E-state index in [2.05, 4.69) is 10.3 Å². The molecule has 130 valence electrons. The molecule has 0 fully saturated rings. The number of amides is 1. The Hall–Kier alpha value is -1.98. The number of rotatable bonds is 4. The fraction of sp³-hybridized carbons (Fsp3) is 0.231. The van der Waals surface area contributed by atoms with Gasteiger partial charge >= 0.3 is 6.18 Å². The lowest BCUT2D eigenvalue weighted by molar-refractivity contribution is -0.137. The van der Waals surface area contributed by atoms with E-state index in [1.807, 2.05) is 0 Å². The molecule has 1 heterocycles. The lowest BCUT2D eigenvalue weighted by Crippen LogP contribution is -2.15. The van der Waals surface area contributed by atoms with E-state index in [1.165, 1.54) is 19.1 Å². The van der Waals surface area contributed by atoms with Gasteiger partial charge in [0.25, 0.3) is 0 Å². The standard InChI is InChI=1S/C13H12F3N3O3S2/c1-7-11(24(17,21)22)23-12(18-7)19-10(20)6-8-3-2-4-9(5-8)13(14,15)16/h2-5H,6H2,1H3,(H2,17,21,22)(H,18,19,20). The van der Waals surface area contributed by atoms with Gasteiger partial charge in [-0.15, -0.1) is 0 Å². The lowest BCUT2D eigenvalue weighted by Gasteiger charge is -2.08. The smallest absolute Gasteiger partial charge is 0.302 e. The Bertz CT molecular complexity index is 876. The number of anilines is 1. The van der Waals surface area contributed by atoms with Crippen LogP contribution >= 0.6 is 11.3 Å². The van der Waals surface area contributed by atoms with Gasteiger partial charge in [-0.2, -0.15) is 13.2 Å². The molecule has 6 nitrogen and oxygen atoms in total. The van der Waals surface area contributed by atoms with E-state index in [0.29, 0.717) is 11.3 Å². The highest BCUT2D eigenvalue weighted by Crippen LogP contribution is 2.30. The van der Waals surface area contributed by atoms with Gasteiger partial charge in [-0.25, -0.2) is 18.5 Å². The summed E-state index contributed by atoms with van der Waals surface area (Å²) in [5.74, 6) is -0.621. The zero-order valence-corrected chi connectivity index (χ0v) is 13.8. The molecule has 0 aliphatic carbocycles. The van der Waals surface area contributed by atoms with Crippen LogP contribution in [0.3, 0.4) is 0 Å². The number of alkyl halides is 3. The normalized spacial score (nSPS) is 12.2. The summed E-state index contributed by atoms with van der Waals surface area (Å²) in [7, 11) is -3.95. The molecule has 24 heavy (non-hydrogen) atoms. The number of hydrogen-bond acceptors (Lipinski definition) is 5. The first kappa shape index (κ1) is 18.4.